The molecule has 1 aromatic carbocycles. The normalized spacial score (nSPS) is 12.1. The molecule has 0 atom stereocenters. The molecule has 4 nitrogen and oxygen atoms in total. The average Bonchev–Trinajstić information content (AvgIpc) is 2.38. The topological polar surface area (TPSA) is 41.0 Å². The highest BCUT2D eigenvalue weighted by atomic mass is 35.5. The van der Waals surface area contributed by atoms with Crippen LogP contribution in [0.2, 0.25) is 5.02 Å². The Morgan fingerprint density at radius 2 is 2.00 bits per heavy atom. The second-order valence-electron chi connectivity index (χ2n) is 6.42. The molecule has 0 amide bonds. The van der Waals surface area contributed by atoms with Crippen molar-refractivity contribution in [2.75, 3.05) is 26.0 Å². The zero-order valence-corrected chi connectivity index (χ0v) is 14.2. The quantitative estimate of drug-likeness (QED) is 0.873. The number of benzene rings is 1. The van der Waals surface area contributed by atoms with Gasteiger partial charge in [0.1, 0.15) is 17.7 Å². The summed E-state index contributed by atoms with van der Waals surface area (Å²) >= 11 is 5.96. The van der Waals surface area contributed by atoms with Crippen molar-refractivity contribution in [1.82, 2.24) is 14.9 Å². The van der Waals surface area contributed by atoms with Gasteiger partial charge in [-0.05, 0) is 59.5 Å². The van der Waals surface area contributed by atoms with Crippen LogP contribution >= 0.6 is 11.6 Å². The summed E-state index contributed by atoms with van der Waals surface area (Å²) in [4.78, 5) is 10.4. The molecule has 0 spiro atoms. The first kappa shape index (κ1) is 16.9. The van der Waals surface area contributed by atoms with E-state index in [4.69, 9.17) is 11.6 Å². The molecule has 0 fully saturated rings. The van der Waals surface area contributed by atoms with Gasteiger partial charge < -0.3 is 10.2 Å². The summed E-state index contributed by atoms with van der Waals surface area (Å²) in [6, 6.07) is 2.96. The molecule has 0 saturated carbocycles. The molecule has 0 unspecified atom stereocenters. The lowest BCUT2D eigenvalue weighted by Crippen LogP contribution is -2.32. The van der Waals surface area contributed by atoms with Crippen LogP contribution in [-0.4, -0.2) is 41.0 Å². The molecule has 0 aliphatic carbocycles. The van der Waals surface area contributed by atoms with Crippen molar-refractivity contribution >= 4 is 28.3 Å². The number of rotatable bonds is 6. The van der Waals surface area contributed by atoms with Gasteiger partial charge in [-0.3, -0.25) is 0 Å². The highest BCUT2D eigenvalue weighted by molar-refractivity contribution is 6.31. The third-order valence-electron chi connectivity index (χ3n) is 3.52. The lowest BCUT2D eigenvalue weighted by Gasteiger charge is -2.28. The molecular formula is C16H22ClFN4. The van der Waals surface area contributed by atoms with E-state index in [0.29, 0.717) is 16.2 Å². The zero-order chi connectivity index (χ0) is 16.3. The van der Waals surface area contributed by atoms with Crippen LogP contribution in [0.15, 0.2) is 18.5 Å². The maximum Gasteiger partial charge on any atom is 0.151 e. The van der Waals surface area contributed by atoms with Crippen LogP contribution in [0.1, 0.15) is 26.7 Å². The first-order valence-electron chi connectivity index (χ1n) is 7.31. The van der Waals surface area contributed by atoms with Crippen molar-refractivity contribution in [1.29, 1.82) is 0 Å². The molecule has 1 heterocycles. The predicted octanol–water partition coefficient (Wildman–Crippen LogP) is 3.95. The maximum atomic E-state index is 13.9. The molecule has 22 heavy (non-hydrogen) atoms. The monoisotopic (exact) mass is 324 g/mol. The number of aromatic nitrogens is 2. The van der Waals surface area contributed by atoms with Gasteiger partial charge in [-0.1, -0.05) is 11.6 Å². The lowest BCUT2D eigenvalue weighted by atomic mass is 9.98. The van der Waals surface area contributed by atoms with Gasteiger partial charge >= 0.3 is 0 Å². The van der Waals surface area contributed by atoms with Gasteiger partial charge in [0.2, 0.25) is 0 Å². The summed E-state index contributed by atoms with van der Waals surface area (Å²) in [5.74, 6) is 0.180. The minimum Gasteiger partial charge on any atom is -0.365 e. The van der Waals surface area contributed by atoms with E-state index in [-0.39, 0.29) is 11.1 Å². The minimum atomic E-state index is -0.432. The standard InChI is InChI=1S/C16H22ClFN4/c1-16(2,6-5-7-22(3)4)21-15-12-8-11(17)9-13(18)14(12)19-10-20-15/h8-10H,5-7H2,1-4H3,(H,19,20,21). The minimum absolute atomic E-state index is 0.157. The van der Waals surface area contributed by atoms with Crippen LogP contribution in [0.5, 0.6) is 0 Å². The molecule has 1 aromatic heterocycles. The fourth-order valence-electron chi connectivity index (χ4n) is 2.41. The Labute approximate surface area is 135 Å². The van der Waals surface area contributed by atoms with Gasteiger partial charge in [0, 0.05) is 15.9 Å². The Kier molecular flexibility index (Phi) is 5.19. The van der Waals surface area contributed by atoms with Crippen molar-refractivity contribution in [3.8, 4) is 0 Å². The third kappa shape index (κ3) is 4.27. The van der Waals surface area contributed by atoms with E-state index in [1.165, 1.54) is 12.4 Å². The molecule has 2 aromatic rings. The van der Waals surface area contributed by atoms with E-state index >= 15 is 0 Å². The fraction of sp³-hybridized carbons (Fsp3) is 0.500. The molecule has 0 aliphatic rings. The number of fused-ring (bicyclic) bond motifs is 1. The Bertz CT molecular complexity index is 658. The fourth-order valence-corrected chi connectivity index (χ4v) is 2.62. The van der Waals surface area contributed by atoms with Crippen LogP contribution in [0.3, 0.4) is 0 Å². The summed E-state index contributed by atoms with van der Waals surface area (Å²) < 4.78 is 13.9. The molecule has 0 aliphatic heterocycles. The maximum absolute atomic E-state index is 13.9. The Morgan fingerprint density at radius 1 is 1.27 bits per heavy atom. The molecule has 120 valence electrons. The van der Waals surface area contributed by atoms with Gasteiger partial charge in [-0.15, -0.1) is 0 Å². The van der Waals surface area contributed by atoms with E-state index in [1.807, 2.05) is 0 Å². The Hall–Kier alpha value is -1.46. The largest absolute Gasteiger partial charge is 0.365 e. The molecule has 0 radical (unpaired) electrons. The predicted molar refractivity (Wildman–Crippen MR) is 90.0 cm³/mol. The van der Waals surface area contributed by atoms with Gasteiger partial charge in [0.25, 0.3) is 0 Å². The number of hydrogen-bond acceptors (Lipinski definition) is 4. The van der Waals surface area contributed by atoms with Crippen LogP contribution in [0.4, 0.5) is 10.2 Å². The van der Waals surface area contributed by atoms with Crippen molar-refractivity contribution in [3.05, 3.63) is 29.3 Å². The first-order chi connectivity index (χ1) is 10.3. The van der Waals surface area contributed by atoms with Crippen LogP contribution in [0, 0.1) is 5.82 Å². The summed E-state index contributed by atoms with van der Waals surface area (Å²) in [7, 11) is 4.12. The lowest BCUT2D eigenvalue weighted by molar-refractivity contribution is 0.370. The first-order valence-corrected chi connectivity index (χ1v) is 7.69. The van der Waals surface area contributed by atoms with Gasteiger partial charge in [0.05, 0.1) is 0 Å². The molecule has 6 heteroatoms. The van der Waals surface area contributed by atoms with Crippen molar-refractivity contribution in [3.63, 3.8) is 0 Å². The van der Waals surface area contributed by atoms with E-state index in [0.717, 1.165) is 19.4 Å². The van der Waals surface area contributed by atoms with Crippen LogP contribution in [-0.2, 0) is 0 Å². The highest BCUT2D eigenvalue weighted by Crippen LogP contribution is 2.28. The smallest absolute Gasteiger partial charge is 0.151 e. The Balaban J connectivity index is 2.24. The summed E-state index contributed by atoms with van der Waals surface area (Å²) in [6.45, 7) is 5.24. The SMILES string of the molecule is CN(C)CCCC(C)(C)Nc1ncnc2c(F)cc(Cl)cc12. The summed E-state index contributed by atoms with van der Waals surface area (Å²) in [5, 5.41) is 4.34. The van der Waals surface area contributed by atoms with Crippen molar-refractivity contribution in [2.45, 2.75) is 32.2 Å². The molecule has 1 N–H and O–H groups in total. The van der Waals surface area contributed by atoms with E-state index < -0.39 is 5.82 Å². The molecular weight excluding hydrogens is 303 g/mol. The molecule has 2 rings (SSSR count). The second-order valence-corrected chi connectivity index (χ2v) is 6.86. The highest BCUT2D eigenvalue weighted by Gasteiger charge is 2.20. The summed E-state index contributed by atoms with van der Waals surface area (Å²) in [6.07, 6.45) is 3.41. The van der Waals surface area contributed by atoms with Crippen LogP contribution < -0.4 is 5.32 Å². The number of halogens is 2. The Morgan fingerprint density at radius 3 is 2.68 bits per heavy atom. The van der Waals surface area contributed by atoms with Crippen molar-refractivity contribution < 1.29 is 4.39 Å². The number of anilines is 1. The second kappa shape index (κ2) is 6.75. The average molecular weight is 325 g/mol. The van der Waals surface area contributed by atoms with E-state index in [1.54, 1.807) is 6.07 Å². The van der Waals surface area contributed by atoms with Crippen molar-refractivity contribution in [2.24, 2.45) is 0 Å². The number of hydrogen-bond donors (Lipinski definition) is 1. The zero-order valence-electron chi connectivity index (χ0n) is 13.5. The van der Waals surface area contributed by atoms with Gasteiger partial charge in [-0.25, -0.2) is 14.4 Å². The van der Waals surface area contributed by atoms with Gasteiger partial charge in [0.15, 0.2) is 5.82 Å². The molecule has 0 saturated heterocycles. The van der Waals surface area contributed by atoms with E-state index in [2.05, 4.69) is 48.1 Å². The van der Waals surface area contributed by atoms with Crippen LogP contribution in [0.25, 0.3) is 10.9 Å². The third-order valence-corrected chi connectivity index (χ3v) is 3.74. The van der Waals surface area contributed by atoms with E-state index in [9.17, 15) is 4.39 Å². The number of nitrogens with one attached hydrogen (secondary N) is 1. The van der Waals surface area contributed by atoms with Gasteiger partial charge in [-0.2, -0.15) is 0 Å². The summed E-state index contributed by atoms with van der Waals surface area (Å²) in [5.41, 5.74) is 0.127. The number of nitrogens with zero attached hydrogens (tertiary/aromatic N) is 3. The molecule has 0 bridgehead atoms.